The van der Waals surface area contributed by atoms with Crippen LogP contribution in [0.25, 0.3) is 0 Å². The number of halogens is 1. The molecular formula is C12H11BrN4O2S. The van der Waals surface area contributed by atoms with Crippen molar-refractivity contribution in [1.29, 1.82) is 0 Å². The molecule has 2 rings (SSSR count). The first-order valence-electron chi connectivity index (χ1n) is 5.53. The lowest BCUT2D eigenvalue weighted by molar-refractivity contribution is 0.318. The molecule has 0 aliphatic carbocycles. The van der Waals surface area contributed by atoms with E-state index < -0.39 is 0 Å². The number of oxime groups is 1. The van der Waals surface area contributed by atoms with Gasteiger partial charge >= 0.3 is 0 Å². The number of hydrogen-bond acceptors (Lipinski definition) is 5. The van der Waals surface area contributed by atoms with Crippen molar-refractivity contribution in [2.24, 2.45) is 10.9 Å². The molecule has 1 aromatic heterocycles. The van der Waals surface area contributed by atoms with Crippen molar-refractivity contribution < 1.29 is 5.21 Å². The van der Waals surface area contributed by atoms with Crippen LogP contribution >= 0.6 is 27.7 Å². The van der Waals surface area contributed by atoms with Gasteiger partial charge in [0.2, 0.25) is 0 Å². The quantitative estimate of drug-likeness (QED) is 0.257. The molecule has 2 aromatic rings. The maximum Gasteiger partial charge on any atom is 0.251 e. The van der Waals surface area contributed by atoms with Crippen LogP contribution in [0.1, 0.15) is 11.3 Å². The molecule has 0 aliphatic rings. The highest BCUT2D eigenvalue weighted by Crippen LogP contribution is 2.31. The van der Waals surface area contributed by atoms with Crippen LogP contribution in [0.15, 0.2) is 48.7 Å². The highest BCUT2D eigenvalue weighted by atomic mass is 79.9. The lowest BCUT2D eigenvalue weighted by Gasteiger charge is -2.09. The Balaban J connectivity index is 2.48. The topological polar surface area (TPSA) is 104 Å². The number of aromatic nitrogens is 2. The van der Waals surface area contributed by atoms with Crippen LogP contribution in [0, 0.1) is 6.92 Å². The van der Waals surface area contributed by atoms with Gasteiger partial charge in [-0.25, -0.2) is 4.98 Å². The van der Waals surface area contributed by atoms with Gasteiger partial charge in [-0.2, -0.15) is 0 Å². The van der Waals surface area contributed by atoms with E-state index in [0.29, 0.717) is 25.8 Å². The summed E-state index contributed by atoms with van der Waals surface area (Å²) in [5.41, 5.74) is 6.62. The molecule has 0 bridgehead atoms. The zero-order valence-corrected chi connectivity index (χ0v) is 12.8. The molecule has 104 valence electrons. The molecule has 0 unspecified atom stereocenters. The normalized spacial score (nSPS) is 11.6. The second kappa shape index (κ2) is 6.10. The SMILES string of the molecule is Cc1cc(=O)[nH]c(Sc2cccc(Br)c2/C(N)=N/O)n1. The number of hydrogen-bond donors (Lipinski definition) is 3. The summed E-state index contributed by atoms with van der Waals surface area (Å²) in [5, 5.41) is 12.3. The van der Waals surface area contributed by atoms with Gasteiger partial charge in [0.05, 0.1) is 0 Å². The Hall–Kier alpha value is -1.80. The van der Waals surface area contributed by atoms with Gasteiger partial charge in [0.1, 0.15) is 0 Å². The standard InChI is InChI=1S/C12H11BrN4O2S/c1-6-5-9(18)16-12(15-6)20-8-4-2-3-7(13)10(8)11(14)17-19/h2-5,19H,1H3,(H2,14,17)(H,15,16,18). The number of rotatable bonds is 3. The maximum absolute atomic E-state index is 11.4. The Kier molecular flexibility index (Phi) is 4.46. The van der Waals surface area contributed by atoms with Crippen LogP contribution < -0.4 is 11.3 Å². The van der Waals surface area contributed by atoms with E-state index in [1.54, 1.807) is 19.1 Å². The molecule has 20 heavy (non-hydrogen) atoms. The summed E-state index contributed by atoms with van der Waals surface area (Å²) in [4.78, 5) is 19.0. The van der Waals surface area contributed by atoms with Crippen molar-refractivity contribution in [1.82, 2.24) is 9.97 Å². The minimum atomic E-state index is -0.222. The van der Waals surface area contributed by atoms with Gasteiger partial charge in [-0.3, -0.25) is 4.79 Å². The molecule has 1 aromatic carbocycles. The fourth-order valence-electron chi connectivity index (χ4n) is 1.59. The van der Waals surface area contributed by atoms with E-state index in [-0.39, 0.29) is 11.4 Å². The van der Waals surface area contributed by atoms with Crippen LogP contribution in [-0.2, 0) is 0 Å². The van der Waals surface area contributed by atoms with Crippen LogP contribution in [0.4, 0.5) is 0 Å². The molecule has 0 radical (unpaired) electrons. The Bertz CT molecular complexity index is 730. The average molecular weight is 355 g/mol. The summed E-state index contributed by atoms with van der Waals surface area (Å²) in [6, 6.07) is 6.80. The minimum absolute atomic E-state index is 0.0185. The fourth-order valence-corrected chi connectivity index (χ4v) is 3.31. The summed E-state index contributed by atoms with van der Waals surface area (Å²) in [5.74, 6) is -0.0185. The Morgan fingerprint density at radius 2 is 2.30 bits per heavy atom. The van der Waals surface area contributed by atoms with Gasteiger partial charge in [-0.1, -0.05) is 23.0 Å². The van der Waals surface area contributed by atoms with E-state index in [0.717, 1.165) is 0 Å². The van der Waals surface area contributed by atoms with Crippen LogP contribution in [-0.4, -0.2) is 21.0 Å². The molecule has 0 fully saturated rings. The fraction of sp³-hybridized carbons (Fsp3) is 0.0833. The molecule has 0 aliphatic heterocycles. The maximum atomic E-state index is 11.4. The third kappa shape index (κ3) is 3.20. The molecular weight excluding hydrogens is 344 g/mol. The first-order valence-corrected chi connectivity index (χ1v) is 7.14. The number of nitrogens with two attached hydrogens (primary N) is 1. The van der Waals surface area contributed by atoms with Crippen molar-refractivity contribution in [3.8, 4) is 0 Å². The van der Waals surface area contributed by atoms with Crippen LogP contribution in [0.2, 0.25) is 0 Å². The number of H-pyrrole nitrogens is 1. The van der Waals surface area contributed by atoms with E-state index in [4.69, 9.17) is 10.9 Å². The van der Waals surface area contributed by atoms with E-state index in [1.165, 1.54) is 17.8 Å². The molecule has 0 saturated heterocycles. The van der Waals surface area contributed by atoms with Gasteiger partial charge < -0.3 is 15.9 Å². The van der Waals surface area contributed by atoms with Gasteiger partial charge in [0, 0.05) is 26.7 Å². The molecule has 1 heterocycles. The number of aromatic amines is 1. The van der Waals surface area contributed by atoms with E-state index >= 15 is 0 Å². The summed E-state index contributed by atoms with van der Waals surface area (Å²) >= 11 is 4.59. The highest BCUT2D eigenvalue weighted by molar-refractivity contribution is 9.10. The predicted octanol–water partition coefficient (Wildman–Crippen LogP) is 2.09. The van der Waals surface area contributed by atoms with Crippen molar-refractivity contribution in [3.05, 3.63) is 50.3 Å². The predicted molar refractivity (Wildman–Crippen MR) is 80.4 cm³/mol. The monoisotopic (exact) mass is 354 g/mol. The zero-order valence-electron chi connectivity index (χ0n) is 10.4. The second-order valence-corrected chi connectivity index (χ2v) is 5.78. The highest BCUT2D eigenvalue weighted by Gasteiger charge is 2.13. The molecule has 0 atom stereocenters. The van der Waals surface area contributed by atoms with Crippen molar-refractivity contribution in [2.75, 3.05) is 0 Å². The van der Waals surface area contributed by atoms with Gasteiger partial charge in [-0.15, -0.1) is 0 Å². The molecule has 0 amide bonds. The summed E-state index contributed by atoms with van der Waals surface area (Å²) in [7, 11) is 0. The number of nitrogens with zero attached hydrogens (tertiary/aromatic N) is 2. The van der Waals surface area contributed by atoms with Crippen LogP contribution in [0.5, 0.6) is 0 Å². The lowest BCUT2D eigenvalue weighted by atomic mass is 10.2. The van der Waals surface area contributed by atoms with E-state index in [1.807, 2.05) is 6.07 Å². The number of aryl methyl sites for hydroxylation is 1. The van der Waals surface area contributed by atoms with Crippen LogP contribution in [0.3, 0.4) is 0 Å². The minimum Gasteiger partial charge on any atom is -0.409 e. The third-order valence-corrected chi connectivity index (χ3v) is 4.00. The average Bonchev–Trinajstić information content (AvgIpc) is 2.37. The van der Waals surface area contributed by atoms with Crippen molar-refractivity contribution in [3.63, 3.8) is 0 Å². The summed E-state index contributed by atoms with van der Waals surface area (Å²) in [6.07, 6.45) is 0. The van der Waals surface area contributed by atoms with Crippen molar-refractivity contribution >= 4 is 33.5 Å². The first kappa shape index (κ1) is 14.6. The Morgan fingerprint density at radius 3 is 2.95 bits per heavy atom. The van der Waals surface area contributed by atoms with Gasteiger partial charge in [0.25, 0.3) is 5.56 Å². The second-order valence-electron chi connectivity index (χ2n) is 3.89. The molecule has 4 N–H and O–H groups in total. The number of nitrogens with one attached hydrogen (secondary N) is 1. The largest absolute Gasteiger partial charge is 0.409 e. The molecule has 0 saturated carbocycles. The number of benzene rings is 1. The third-order valence-electron chi connectivity index (χ3n) is 2.39. The Labute approximate surface area is 127 Å². The van der Waals surface area contributed by atoms with Crippen molar-refractivity contribution in [2.45, 2.75) is 17.0 Å². The number of amidine groups is 1. The first-order chi connectivity index (χ1) is 9.51. The summed E-state index contributed by atoms with van der Waals surface area (Å²) < 4.78 is 0.688. The van der Waals surface area contributed by atoms with E-state index in [2.05, 4.69) is 31.1 Å². The smallest absolute Gasteiger partial charge is 0.251 e. The Morgan fingerprint density at radius 1 is 1.55 bits per heavy atom. The molecule has 8 heteroatoms. The van der Waals surface area contributed by atoms with E-state index in [9.17, 15) is 4.79 Å². The zero-order chi connectivity index (χ0) is 14.7. The lowest BCUT2D eigenvalue weighted by Crippen LogP contribution is -2.15. The van der Waals surface area contributed by atoms with Gasteiger partial charge in [-0.05, 0) is 35.0 Å². The van der Waals surface area contributed by atoms with Gasteiger partial charge in [0.15, 0.2) is 11.0 Å². The summed E-state index contributed by atoms with van der Waals surface area (Å²) in [6.45, 7) is 1.74. The molecule has 6 nitrogen and oxygen atoms in total. The molecule has 0 spiro atoms.